The van der Waals surface area contributed by atoms with Crippen LogP contribution in [-0.2, 0) is 17.8 Å². The molecule has 0 saturated carbocycles. The summed E-state index contributed by atoms with van der Waals surface area (Å²) >= 11 is 1.65. The van der Waals surface area contributed by atoms with Crippen LogP contribution in [0.5, 0.6) is 0 Å². The lowest BCUT2D eigenvalue weighted by atomic mass is 10.1. The standard InChI is InChI=1S/C19H18N4OS/c1-23-17-9-14(7-8-15(17)10-18(23)24)16-12-25-19(22-21-16)20-11-13-5-3-2-4-6-13/h2-9H,10-12H2,1H3,(H,20,22). The second-order valence-corrected chi connectivity index (χ2v) is 7.00. The molecule has 126 valence electrons. The average Bonchev–Trinajstić information content (AvgIpc) is 2.95. The molecule has 0 bridgehead atoms. The summed E-state index contributed by atoms with van der Waals surface area (Å²) in [4.78, 5) is 18.1. The number of anilines is 1. The Morgan fingerprint density at radius 3 is 2.84 bits per heavy atom. The van der Waals surface area contributed by atoms with Crippen LogP contribution in [0.2, 0.25) is 0 Å². The Labute approximate surface area is 150 Å². The minimum absolute atomic E-state index is 0.139. The summed E-state index contributed by atoms with van der Waals surface area (Å²) in [6, 6.07) is 16.3. The van der Waals surface area contributed by atoms with E-state index in [1.807, 2.05) is 43.4 Å². The summed E-state index contributed by atoms with van der Waals surface area (Å²) in [7, 11) is 1.82. The molecule has 0 radical (unpaired) electrons. The Morgan fingerprint density at radius 1 is 1.24 bits per heavy atom. The lowest BCUT2D eigenvalue weighted by Gasteiger charge is -2.16. The number of rotatable bonds is 3. The minimum atomic E-state index is 0.139. The van der Waals surface area contributed by atoms with E-state index in [0.717, 1.165) is 33.4 Å². The van der Waals surface area contributed by atoms with Gasteiger partial charge in [-0.2, -0.15) is 5.10 Å². The molecule has 6 heteroatoms. The number of nitrogens with zero attached hydrogens (tertiary/aromatic N) is 3. The van der Waals surface area contributed by atoms with Gasteiger partial charge < -0.3 is 4.90 Å². The van der Waals surface area contributed by atoms with E-state index in [2.05, 4.69) is 27.7 Å². The molecule has 1 amide bonds. The third-order valence-corrected chi connectivity index (χ3v) is 5.29. The second-order valence-electron chi connectivity index (χ2n) is 6.04. The summed E-state index contributed by atoms with van der Waals surface area (Å²) in [6.07, 6.45) is 0.488. The largest absolute Gasteiger partial charge is 0.315 e. The first kappa shape index (κ1) is 15.9. The van der Waals surface area contributed by atoms with Crippen LogP contribution in [0.15, 0.2) is 58.6 Å². The molecular weight excluding hydrogens is 332 g/mol. The highest BCUT2D eigenvalue weighted by Gasteiger charge is 2.25. The fourth-order valence-electron chi connectivity index (χ4n) is 2.91. The van der Waals surface area contributed by atoms with E-state index >= 15 is 0 Å². The molecule has 2 heterocycles. The molecule has 4 rings (SSSR count). The van der Waals surface area contributed by atoms with Gasteiger partial charge in [0.05, 0.1) is 18.7 Å². The van der Waals surface area contributed by atoms with E-state index in [1.165, 1.54) is 5.56 Å². The van der Waals surface area contributed by atoms with E-state index in [0.29, 0.717) is 13.0 Å². The van der Waals surface area contributed by atoms with Crippen molar-refractivity contribution in [3.05, 3.63) is 65.2 Å². The maximum Gasteiger partial charge on any atom is 0.231 e. The van der Waals surface area contributed by atoms with Gasteiger partial charge in [-0.1, -0.05) is 54.2 Å². The third-order valence-electron chi connectivity index (χ3n) is 4.38. The van der Waals surface area contributed by atoms with Crippen LogP contribution in [0.3, 0.4) is 0 Å². The van der Waals surface area contributed by atoms with Gasteiger partial charge in [0.15, 0.2) is 5.17 Å². The number of hydrazone groups is 1. The van der Waals surface area contributed by atoms with Gasteiger partial charge in [0, 0.05) is 24.1 Å². The van der Waals surface area contributed by atoms with Gasteiger partial charge in [-0.25, -0.2) is 0 Å². The van der Waals surface area contributed by atoms with Gasteiger partial charge in [-0.15, -0.1) is 0 Å². The monoisotopic (exact) mass is 350 g/mol. The normalized spacial score (nSPS) is 18.1. The van der Waals surface area contributed by atoms with Crippen molar-refractivity contribution in [3.8, 4) is 0 Å². The zero-order valence-electron chi connectivity index (χ0n) is 13.9. The Hall–Kier alpha value is -2.60. The summed E-state index contributed by atoms with van der Waals surface area (Å²) in [5, 5.41) is 5.31. The maximum atomic E-state index is 11.8. The molecule has 0 spiro atoms. The summed E-state index contributed by atoms with van der Waals surface area (Å²) in [5.41, 5.74) is 8.31. The molecule has 0 unspecified atom stereocenters. The average molecular weight is 350 g/mol. The van der Waals surface area contributed by atoms with Crippen LogP contribution < -0.4 is 10.3 Å². The Morgan fingerprint density at radius 2 is 2.08 bits per heavy atom. The van der Waals surface area contributed by atoms with Crippen LogP contribution in [0.4, 0.5) is 5.69 Å². The van der Waals surface area contributed by atoms with Gasteiger partial charge in [0.25, 0.3) is 0 Å². The highest BCUT2D eigenvalue weighted by Crippen LogP contribution is 2.29. The summed E-state index contributed by atoms with van der Waals surface area (Å²) in [5.74, 6) is 0.900. The van der Waals surface area contributed by atoms with E-state index in [9.17, 15) is 4.79 Å². The molecular formula is C19H18N4OS. The first-order valence-electron chi connectivity index (χ1n) is 8.14. The van der Waals surface area contributed by atoms with E-state index in [1.54, 1.807) is 16.7 Å². The fraction of sp³-hybridized carbons (Fsp3) is 0.211. The van der Waals surface area contributed by atoms with Crippen molar-refractivity contribution in [1.29, 1.82) is 0 Å². The smallest absolute Gasteiger partial charge is 0.231 e. The molecule has 0 aromatic heterocycles. The number of hydrogen-bond donors (Lipinski definition) is 1. The molecule has 0 aliphatic carbocycles. The van der Waals surface area contributed by atoms with Gasteiger partial charge in [-0.3, -0.25) is 15.2 Å². The zero-order chi connectivity index (χ0) is 17.2. The number of amidine groups is 1. The molecule has 5 nitrogen and oxygen atoms in total. The highest BCUT2D eigenvalue weighted by molar-refractivity contribution is 8.14. The van der Waals surface area contributed by atoms with E-state index < -0.39 is 0 Å². The number of likely N-dealkylation sites (N-methyl/N-ethyl adjacent to an activating group) is 1. The number of amides is 1. The van der Waals surface area contributed by atoms with Crippen molar-refractivity contribution in [3.63, 3.8) is 0 Å². The number of hydrogen-bond acceptors (Lipinski definition) is 4. The Kier molecular flexibility index (Phi) is 4.28. The second kappa shape index (κ2) is 6.72. The number of thioether (sulfide) groups is 1. The number of fused-ring (bicyclic) bond motifs is 1. The molecule has 0 saturated heterocycles. The number of carbonyl (C=O) groups excluding carboxylic acids is 1. The molecule has 1 N–H and O–H groups in total. The van der Waals surface area contributed by atoms with Crippen molar-refractivity contribution < 1.29 is 4.79 Å². The van der Waals surface area contributed by atoms with Gasteiger partial charge in [0.1, 0.15) is 0 Å². The predicted molar refractivity (Wildman–Crippen MR) is 103 cm³/mol. The molecule has 2 aliphatic rings. The van der Waals surface area contributed by atoms with Crippen LogP contribution in [-0.4, -0.2) is 29.6 Å². The molecule has 25 heavy (non-hydrogen) atoms. The lowest BCUT2D eigenvalue weighted by Crippen LogP contribution is -2.25. The molecule has 2 aromatic rings. The summed E-state index contributed by atoms with van der Waals surface area (Å²) in [6.45, 7) is 0.646. The van der Waals surface area contributed by atoms with Crippen LogP contribution in [0.1, 0.15) is 16.7 Å². The van der Waals surface area contributed by atoms with Crippen LogP contribution in [0.25, 0.3) is 0 Å². The predicted octanol–water partition coefficient (Wildman–Crippen LogP) is 2.80. The van der Waals surface area contributed by atoms with Gasteiger partial charge in [0.2, 0.25) is 5.91 Å². The molecule has 2 aromatic carbocycles. The Balaban J connectivity index is 1.47. The quantitative estimate of drug-likeness (QED) is 0.926. The number of nitrogens with one attached hydrogen (secondary N) is 1. The minimum Gasteiger partial charge on any atom is -0.315 e. The SMILES string of the molecule is CN1C(=O)Cc2ccc(C3=NNC(=NCc4ccccc4)SC3)cc21. The van der Waals surface area contributed by atoms with Crippen LogP contribution in [0, 0.1) is 0 Å². The Bertz CT molecular complexity index is 876. The maximum absolute atomic E-state index is 11.8. The van der Waals surface area contributed by atoms with E-state index in [-0.39, 0.29) is 5.91 Å². The topological polar surface area (TPSA) is 57.1 Å². The third kappa shape index (κ3) is 3.30. The number of carbonyl (C=O) groups is 1. The van der Waals surface area contributed by atoms with Crippen molar-refractivity contribution in [2.24, 2.45) is 10.1 Å². The lowest BCUT2D eigenvalue weighted by molar-refractivity contribution is -0.117. The van der Waals surface area contributed by atoms with E-state index in [4.69, 9.17) is 0 Å². The molecule has 2 aliphatic heterocycles. The number of aliphatic imine (C=N–C) groups is 1. The zero-order valence-corrected chi connectivity index (χ0v) is 14.7. The van der Waals surface area contributed by atoms with Crippen molar-refractivity contribution >= 4 is 34.2 Å². The molecule has 0 atom stereocenters. The first-order chi connectivity index (χ1) is 12.2. The van der Waals surface area contributed by atoms with Gasteiger partial charge >= 0.3 is 0 Å². The van der Waals surface area contributed by atoms with Crippen molar-refractivity contribution in [2.75, 3.05) is 17.7 Å². The van der Waals surface area contributed by atoms with Crippen LogP contribution >= 0.6 is 11.8 Å². The van der Waals surface area contributed by atoms with Gasteiger partial charge in [-0.05, 0) is 17.2 Å². The summed E-state index contributed by atoms with van der Waals surface area (Å²) < 4.78 is 0. The number of benzene rings is 2. The highest BCUT2D eigenvalue weighted by atomic mass is 32.2. The molecule has 0 fully saturated rings. The van der Waals surface area contributed by atoms with Crippen molar-refractivity contribution in [1.82, 2.24) is 5.43 Å². The van der Waals surface area contributed by atoms with Crippen molar-refractivity contribution in [2.45, 2.75) is 13.0 Å². The first-order valence-corrected chi connectivity index (χ1v) is 9.13. The fourth-order valence-corrected chi connectivity index (χ4v) is 3.68.